The minimum absolute atomic E-state index is 0.0256. The van der Waals surface area contributed by atoms with Crippen LogP contribution in [0.4, 0.5) is 23.7 Å². The molecule has 1 atom stereocenters. The van der Waals surface area contributed by atoms with Gasteiger partial charge in [0.2, 0.25) is 0 Å². The summed E-state index contributed by atoms with van der Waals surface area (Å²) < 4.78 is 44.7. The number of carbonyl (C=O) groups excluding carboxylic acids is 1. The summed E-state index contributed by atoms with van der Waals surface area (Å²) in [5.41, 5.74) is -2.12. The number of halogens is 3. The minimum Gasteiger partial charge on any atom is -0.480 e. The number of pyridine rings is 1. The summed E-state index contributed by atoms with van der Waals surface area (Å²) in [6.07, 6.45) is -4.46. The molecule has 2 rings (SSSR count). The molecule has 1 aromatic heterocycles. The topological polar surface area (TPSA) is 83.0 Å². The van der Waals surface area contributed by atoms with Crippen molar-refractivity contribution in [2.75, 3.05) is 24.5 Å². The summed E-state index contributed by atoms with van der Waals surface area (Å²) in [5, 5.41) is 9.44. The molecule has 26 heavy (non-hydrogen) atoms. The van der Waals surface area contributed by atoms with E-state index in [4.69, 9.17) is 4.74 Å². The molecule has 1 saturated heterocycles. The molecule has 0 saturated carbocycles. The number of alkyl halides is 3. The molecule has 1 aliphatic heterocycles. The first-order valence-corrected chi connectivity index (χ1v) is 7.90. The summed E-state index contributed by atoms with van der Waals surface area (Å²) in [5.74, 6) is -1.32. The molecule has 0 bridgehead atoms. The van der Waals surface area contributed by atoms with E-state index in [1.807, 2.05) is 0 Å². The van der Waals surface area contributed by atoms with Crippen molar-refractivity contribution in [3.63, 3.8) is 0 Å². The van der Waals surface area contributed by atoms with Gasteiger partial charge >= 0.3 is 18.2 Å². The average molecular weight is 375 g/mol. The molecule has 144 valence electrons. The van der Waals surface area contributed by atoms with Crippen LogP contribution in [-0.4, -0.2) is 58.3 Å². The Hall–Kier alpha value is -2.52. The quantitative estimate of drug-likeness (QED) is 0.856. The van der Waals surface area contributed by atoms with E-state index in [1.54, 1.807) is 20.8 Å². The SMILES string of the molecule is CC(C)(C)OC(=O)N1CCN(c2cccnc2C(F)(F)F)CC1C(=O)O. The Bertz CT molecular complexity index is 688. The maximum atomic E-state index is 13.2. The van der Waals surface area contributed by atoms with E-state index in [2.05, 4.69) is 4.98 Å². The largest absolute Gasteiger partial charge is 0.480 e. The first-order chi connectivity index (χ1) is 11.9. The predicted octanol–water partition coefficient (Wildman–Crippen LogP) is 2.61. The molecule has 0 spiro atoms. The fourth-order valence-electron chi connectivity index (χ4n) is 2.62. The number of ether oxygens (including phenoxy) is 1. The summed E-state index contributed by atoms with van der Waals surface area (Å²) in [7, 11) is 0. The van der Waals surface area contributed by atoms with Gasteiger partial charge in [-0.25, -0.2) is 14.6 Å². The van der Waals surface area contributed by atoms with Gasteiger partial charge in [-0.1, -0.05) is 0 Å². The van der Waals surface area contributed by atoms with Crippen molar-refractivity contribution in [3.05, 3.63) is 24.0 Å². The third kappa shape index (κ3) is 4.55. The lowest BCUT2D eigenvalue weighted by Gasteiger charge is -2.41. The van der Waals surface area contributed by atoms with Crippen LogP contribution >= 0.6 is 0 Å². The number of rotatable bonds is 2. The molecule has 1 aliphatic rings. The van der Waals surface area contributed by atoms with E-state index in [0.717, 1.165) is 11.1 Å². The Morgan fingerprint density at radius 3 is 2.46 bits per heavy atom. The fourth-order valence-corrected chi connectivity index (χ4v) is 2.62. The van der Waals surface area contributed by atoms with E-state index in [-0.39, 0.29) is 25.3 Å². The van der Waals surface area contributed by atoms with Gasteiger partial charge < -0.3 is 14.7 Å². The highest BCUT2D eigenvalue weighted by Gasteiger charge is 2.41. The normalized spacial score (nSPS) is 18.6. The second-order valence-corrected chi connectivity index (χ2v) is 6.84. The molecular weight excluding hydrogens is 355 g/mol. The lowest BCUT2D eigenvalue weighted by atomic mass is 10.1. The average Bonchev–Trinajstić information content (AvgIpc) is 2.51. The first-order valence-electron chi connectivity index (χ1n) is 7.90. The van der Waals surface area contributed by atoms with Gasteiger partial charge in [-0.05, 0) is 32.9 Å². The summed E-state index contributed by atoms with van der Waals surface area (Å²) in [6.45, 7) is 4.56. The number of carboxylic acid groups (broad SMARTS) is 1. The standard InChI is InChI=1S/C16H20F3N3O4/c1-15(2,3)26-14(25)22-8-7-21(9-11(22)13(23)24)10-5-4-6-20-12(10)16(17,18)19/h4-6,11H,7-9H2,1-3H3,(H,23,24). The molecule has 1 amide bonds. The number of anilines is 1. The lowest BCUT2D eigenvalue weighted by Crippen LogP contribution is -2.59. The Morgan fingerprint density at radius 2 is 1.92 bits per heavy atom. The van der Waals surface area contributed by atoms with Crippen molar-refractivity contribution in [2.24, 2.45) is 0 Å². The number of carbonyl (C=O) groups is 2. The van der Waals surface area contributed by atoms with Crippen LogP contribution < -0.4 is 4.90 Å². The van der Waals surface area contributed by atoms with Crippen molar-refractivity contribution < 1.29 is 32.6 Å². The molecule has 1 aromatic rings. The number of piperazine rings is 1. The van der Waals surface area contributed by atoms with E-state index in [1.165, 1.54) is 17.0 Å². The number of amides is 1. The second kappa shape index (κ2) is 7.00. The molecule has 1 fully saturated rings. The van der Waals surface area contributed by atoms with Gasteiger partial charge in [-0.2, -0.15) is 13.2 Å². The highest BCUT2D eigenvalue weighted by atomic mass is 19.4. The van der Waals surface area contributed by atoms with Crippen molar-refractivity contribution in [2.45, 2.75) is 38.6 Å². The van der Waals surface area contributed by atoms with Gasteiger partial charge in [0, 0.05) is 25.8 Å². The van der Waals surface area contributed by atoms with Crippen LogP contribution in [0.3, 0.4) is 0 Å². The maximum Gasteiger partial charge on any atom is 0.435 e. The van der Waals surface area contributed by atoms with Crippen molar-refractivity contribution in [1.29, 1.82) is 0 Å². The Labute approximate surface area is 148 Å². The van der Waals surface area contributed by atoms with Gasteiger partial charge in [0.15, 0.2) is 5.69 Å². The second-order valence-electron chi connectivity index (χ2n) is 6.84. The van der Waals surface area contributed by atoms with Gasteiger partial charge in [0.05, 0.1) is 5.69 Å². The zero-order valence-electron chi connectivity index (χ0n) is 14.6. The summed E-state index contributed by atoms with van der Waals surface area (Å²) in [4.78, 5) is 29.5. The number of aromatic nitrogens is 1. The Kier molecular flexibility index (Phi) is 5.33. The monoisotopic (exact) mass is 375 g/mol. The third-order valence-corrected chi connectivity index (χ3v) is 3.69. The number of aliphatic carboxylic acids is 1. The highest BCUT2D eigenvalue weighted by Crippen LogP contribution is 2.35. The fraction of sp³-hybridized carbons (Fsp3) is 0.562. The van der Waals surface area contributed by atoms with E-state index in [0.29, 0.717) is 0 Å². The Balaban J connectivity index is 2.26. The third-order valence-electron chi connectivity index (χ3n) is 3.69. The zero-order valence-corrected chi connectivity index (χ0v) is 14.6. The van der Waals surface area contributed by atoms with Crippen LogP contribution in [0.15, 0.2) is 18.3 Å². The highest BCUT2D eigenvalue weighted by molar-refractivity contribution is 5.81. The molecule has 0 aliphatic carbocycles. The molecule has 1 N–H and O–H groups in total. The van der Waals surface area contributed by atoms with Crippen LogP contribution in [0.2, 0.25) is 0 Å². The molecule has 10 heteroatoms. The molecule has 7 nitrogen and oxygen atoms in total. The van der Waals surface area contributed by atoms with Gasteiger partial charge in [-0.15, -0.1) is 0 Å². The van der Waals surface area contributed by atoms with Crippen LogP contribution in [0.25, 0.3) is 0 Å². The maximum absolute atomic E-state index is 13.2. The first kappa shape index (κ1) is 19.8. The van der Waals surface area contributed by atoms with E-state index >= 15 is 0 Å². The minimum atomic E-state index is -4.67. The van der Waals surface area contributed by atoms with Crippen LogP contribution in [0.1, 0.15) is 26.5 Å². The van der Waals surface area contributed by atoms with Crippen LogP contribution in [0, 0.1) is 0 Å². The van der Waals surface area contributed by atoms with Crippen LogP contribution in [0.5, 0.6) is 0 Å². The van der Waals surface area contributed by atoms with Crippen LogP contribution in [-0.2, 0) is 15.7 Å². The van der Waals surface area contributed by atoms with Crippen molar-refractivity contribution in [3.8, 4) is 0 Å². The number of nitrogens with zero attached hydrogens (tertiary/aromatic N) is 3. The molecule has 2 heterocycles. The smallest absolute Gasteiger partial charge is 0.435 e. The van der Waals surface area contributed by atoms with E-state index in [9.17, 15) is 27.9 Å². The molecular formula is C16H20F3N3O4. The summed E-state index contributed by atoms with van der Waals surface area (Å²) in [6, 6.07) is 1.25. The zero-order chi connectivity index (χ0) is 19.7. The van der Waals surface area contributed by atoms with Gasteiger partial charge in [0.1, 0.15) is 11.6 Å². The van der Waals surface area contributed by atoms with E-state index < -0.39 is 35.6 Å². The van der Waals surface area contributed by atoms with Crippen molar-refractivity contribution >= 4 is 17.7 Å². The number of hydrogen-bond acceptors (Lipinski definition) is 5. The van der Waals surface area contributed by atoms with Crippen molar-refractivity contribution in [1.82, 2.24) is 9.88 Å². The molecule has 0 aromatic carbocycles. The summed E-state index contributed by atoms with van der Waals surface area (Å²) >= 11 is 0. The van der Waals surface area contributed by atoms with Gasteiger partial charge in [-0.3, -0.25) is 4.90 Å². The molecule has 1 unspecified atom stereocenters. The van der Waals surface area contributed by atoms with Gasteiger partial charge in [0.25, 0.3) is 0 Å². The number of carboxylic acids is 1. The lowest BCUT2D eigenvalue weighted by molar-refractivity contribution is -0.143. The Morgan fingerprint density at radius 1 is 1.27 bits per heavy atom. The predicted molar refractivity (Wildman–Crippen MR) is 85.8 cm³/mol. The molecule has 0 radical (unpaired) electrons. The number of hydrogen-bond donors (Lipinski definition) is 1.